The van der Waals surface area contributed by atoms with Crippen molar-refractivity contribution in [2.24, 2.45) is 5.41 Å². The first-order chi connectivity index (χ1) is 8.62. The second-order valence-corrected chi connectivity index (χ2v) is 8.03. The Labute approximate surface area is 120 Å². The van der Waals surface area contributed by atoms with Gasteiger partial charge >= 0.3 is 0 Å². The molecule has 4 nitrogen and oxygen atoms in total. The van der Waals surface area contributed by atoms with E-state index in [1.165, 1.54) is 17.0 Å². The Balaban J connectivity index is 2.73. The van der Waals surface area contributed by atoms with Crippen LogP contribution in [0.25, 0.3) is 0 Å². The van der Waals surface area contributed by atoms with Crippen LogP contribution in [0.1, 0.15) is 13.8 Å². The summed E-state index contributed by atoms with van der Waals surface area (Å²) < 4.78 is 26.9. The Kier molecular flexibility index (Phi) is 5.38. The van der Waals surface area contributed by atoms with Crippen LogP contribution in [0.2, 0.25) is 5.02 Å². The van der Waals surface area contributed by atoms with Crippen LogP contribution in [-0.4, -0.2) is 35.6 Å². The quantitative estimate of drug-likeness (QED) is 0.816. The topological polar surface area (TPSA) is 50.6 Å². The predicted molar refractivity (Wildman–Crippen MR) is 78.1 cm³/mol. The van der Waals surface area contributed by atoms with Crippen molar-refractivity contribution >= 4 is 21.6 Å². The number of hydrogen-bond donors (Lipinski definition) is 2. The molecule has 0 heterocycles. The Morgan fingerprint density at radius 3 is 2.21 bits per heavy atom. The van der Waals surface area contributed by atoms with Crippen molar-refractivity contribution in [3.05, 3.63) is 29.3 Å². The fourth-order valence-corrected chi connectivity index (χ4v) is 3.37. The molecule has 0 fully saturated rings. The fraction of sp³-hybridized carbons (Fsp3) is 0.538. The predicted octanol–water partition coefficient (Wildman–Crippen LogP) is 0.789. The van der Waals surface area contributed by atoms with Crippen LogP contribution in [0.3, 0.4) is 0 Å². The average Bonchev–Trinajstić information content (AvgIpc) is 2.26. The van der Waals surface area contributed by atoms with E-state index in [2.05, 4.69) is 18.8 Å². The van der Waals surface area contributed by atoms with Gasteiger partial charge in [-0.15, -0.1) is 0 Å². The van der Waals surface area contributed by atoms with Crippen LogP contribution in [0, 0.1) is 5.41 Å². The Morgan fingerprint density at radius 1 is 1.21 bits per heavy atom. The molecule has 0 radical (unpaired) electrons. The number of hydrogen-bond acceptors (Lipinski definition) is 2. The highest BCUT2D eigenvalue weighted by atomic mass is 35.5. The molecule has 0 aliphatic rings. The molecular formula is C13H22ClN2O2S+. The fourth-order valence-electron chi connectivity index (χ4n) is 2.01. The SMILES string of the molecule is C[NH+](C)CC(C)(C)CNS(=O)(=O)c1ccc(Cl)cc1. The summed E-state index contributed by atoms with van der Waals surface area (Å²) in [6.07, 6.45) is 0. The van der Waals surface area contributed by atoms with Crippen LogP contribution in [-0.2, 0) is 10.0 Å². The first-order valence-corrected chi connectivity index (χ1v) is 8.03. The minimum atomic E-state index is -3.46. The molecule has 2 N–H and O–H groups in total. The molecule has 0 saturated heterocycles. The normalized spacial score (nSPS) is 12.9. The van der Waals surface area contributed by atoms with Crippen molar-refractivity contribution in [1.82, 2.24) is 4.72 Å². The van der Waals surface area contributed by atoms with E-state index in [1.54, 1.807) is 12.1 Å². The molecule has 0 bridgehead atoms. The third-order valence-corrected chi connectivity index (χ3v) is 4.37. The number of benzene rings is 1. The van der Waals surface area contributed by atoms with Gasteiger partial charge in [0.05, 0.1) is 25.5 Å². The number of halogens is 1. The molecule has 6 heteroatoms. The second kappa shape index (κ2) is 6.22. The molecule has 0 aliphatic carbocycles. The van der Waals surface area contributed by atoms with Gasteiger partial charge in [-0.05, 0) is 24.3 Å². The summed E-state index contributed by atoms with van der Waals surface area (Å²) in [7, 11) is 0.638. The van der Waals surface area contributed by atoms with Crippen molar-refractivity contribution in [2.75, 3.05) is 27.2 Å². The lowest BCUT2D eigenvalue weighted by molar-refractivity contribution is -0.865. The zero-order chi connectivity index (χ0) is 14.7. The van der Waals surface area contributed by atoms with E-state index in [1.807, 2.05) is 13.8 Å². The van der Waals surface area contributed by atoms with Crippen LogP contribution in [0.5, 0.6) is 0 Å². The zero-order valence-electron chi connectivity index (χ0n) is 11.8. The minimum Gasteiger partial charge on any atom is -0.339 e. The Bertz CT molecular complexity index is 510. The van der Waals surface area contributed by atoms with Gasteiger partial charge in [0.15, 0.2) is 0 Å². The highest BCUT2D eigenvalue weighted by Crippen LogP contribution is 2.16. The highest BCUT2D eigenvalue weighted by Gasteiger charge is 2.24. The third-order valence-electron chi connectivity index (χ3n) is 2.70. The molecule has 0 aliphatic heterocycles. The van der Waals surface area contributed by atoms with Crippen LogP contribution < -0.4 is 9.62 Å². The summed E-state index contributed by atoms with van der Waals surface area (Å²) >= 11 is 5.75. The van der Waals surface area contributed by atoms with E-state index in [-0.39, 0.29) is 10.3 Å². The van der Waals surface area contributed by atoms with E-state index < -0.39 is 10.0 Å². The van der Waals surface area contributed by atoms with Crippen molar-refractivity contribution in [3.63, 3.8) is 0 Å². The number of sulfonamides is 1. The van der Waals surface area contributed by atoms with Crippen LogP contribution in [0.15, 0.2) is 29.2 Å². The standard InChI is InChI=1S/C13H21ClN2O2S/c1-13(2,10-16(3)4)9-15-19(17,18)12-7-5-11(14)6-8-12/h5-8,15H,9-10H2,1-4H3/p+1. The van der Waals surface area contributed by atoms with Gasteiger partial charge in [0, 0.05) is 17.0 Å². The lowest BCUT2D eigenvalue weighted by Crippen LogP contribution is -3.07. The summed E-state index contributed by atoms with van der Waals surface area (Å²) in [6.45, 7) is 5.38. The first kappa shape index (κ1) is 16.4. The van der Waals surface area contributed by atoms with Crippen molar-refractivity contribution < 1.29 is 13.3 Å². The molecule has 0 unspecified atom stereocenters. The van der Waals surface area contributed by atoms with E-state index in [4.69, 9.17) is 11.6 Å². The highest BCUT2D eigenvalue weighted by molar-refractivity contribution is 7.89. The van der Waals surface area contributed by atoms with Gasteiger partial charge in [0.1, 0.15) is 0 Å². The molecule has 0 atom stereocenters. The summed E-state index contributed by atoms with van der Waals surface area (Å²) in [5, 5.41) is 0.524. The molecule has 1 aromatic rings. The van der Waals surface area contributed by atoms with E-state index in [0.29, 0.717) is 11.6 Å². The molecule has 108 valence electrons. The lowest BCUT2D eigenvalue weighted by atomic mass is 9.93. The largest absolute Gasteiger partial charge is 0.339 e. The van der Waals surface area contributed by atoms with E-state index in [0.717, 1.165) is 6.54 Å². The lowest BCUT2D eigenvalue weighted by Gasteiger charge is -2.26. The Hall–Kier alpha value is -0.620. The monoisotopic (exact) mass is 305 g/mol. The molecule has 0 saturated carbocycles. The van der Waals surface area contributed by atoms with Gasteiger partial charge in [-0.1, -0.05) is 25.4 Å². The van der Waals surface area contributed by atoms with Crippen molar-refractivity contribution in [2.45, 2.75) is 18.7 Å². The maximum Gasteiger partial charge on any atom is 0.240 e. The molecule has 0 spiro atoms. The van der Waals surface area contributed by atoms with Crippen molar-refractivity contribution in [1.29, 1.82) is 0 Å². The minimum absolute atomic E-state index is 0.0989. The smallest absolute Gasteiger partial charge is 0.240 e. The van der Waals surface area contributed by atoms with Gasteiger partial charge in [0.2, 0.25) is 10.0 Å². The number of nitrogens with one attached hydrogen (secondary N) is 2. The van der Waals surface area contributed by atoms with Crippen LogP contribution >= 0.6 is 11.6 Å². The molecule has 1 aromatic carbocycles. The molecule has 1 rings (SSSR count). The van der Waals surface area contributed by atoms with Gasteiger partial charge in [-0.3, -0.25) is 0 Å². The molecular weight excluding hydrogens is 284 g/mol. The average molecular weight is 306 g/mol. The Morgan fingerprint density at radius 2 is 1.74 bits per heavy atom. The first-order valence-electron chi connectivity index (χ1n) is 6.17. The second-order valence-electron chi connectivity index (χ2n) is 5.83. The maximum atomic E-state index is 12.1. The molecule has 0 amide bonds. The third kappa shape index (κ3) is 5.48. The van der Waals surface area contributed by atoms with E-state index in [9.17, 15) is 8.42 Å². The number of rotatable bonds is 6. The van der Waals surface area contributed by atoms with Gasteiger partial charge in [0.25, 0.3) is 0 Å². The van der Waals surface area contributed by atoms with E-state index >= 15 is 0 Å². The summed E-state index contributed by atoms with van der Waals surface area (Å²) in [4.78, 5) is 1.53. The van der Waals surface area contributed by atoms with Gasteiger partial charge < -0.3 is 4.90 Å². The maximum absolute atomic E-state index is 12.1. The van der Waals surface area contributed by atoms with Crippen LogP contribution in [0.4, 0.5) is 0 Å². The van der Waals surface area contributed by atoms with Gasteiger partial charge in [-0.25, -0.2) is 13.1 Å². The number of quaternary nitrogens is 1. The zero-order valence-corrected chi connectivity index (χ0v) is 13.4. The molecule has 19 heavy (non-hydrogen) atoms. The van der Waals surface area contributed by atoms with Crippen molar-refractivity contribution in [3.8, 4) is 0 Å². The summed E-state index contributed by atoms with van der Waals surface area (Å²) in [6, 6.07) is 6.17. The summed E-state index contributed by atoms with van der Waals surface area (Å²) in [5.41, 5.74) is -0.0989. The van der Waals surface area contributed by atoms with Gasteiger partial charge in [-0.2, -0.15) is 0 Å². The molecule has 0 aromatic heterocycles. The summed E-state index contributed by atoms with van der Waals surface area (Å²) in [5.74, 6) is 0.